The fraction of sp³-hybridized carbons (Fsp3) is 0.409. The fourth-order valence-corrected chi connectivity index (χ4v) is 3.34. The van der Waals surface area contributed by atoms with Crippen LogP contribution in [0.4, 0.5) is 0 Å². The molecule has 1 saturated heterocycles. The maximum absolute atomic E-state index is 12.4. The molecule has 0 aromatic heterocycles. The number of halogens is 1. The Morgan fingerprint density at radius 2 is 1.56 bits per heavy atom. The second kappa shape index (κ2) is 10.5. The monoisotopic (exact) mass is 386 g/mol. The Balaban J connectivity index is 1.36. The summed E-state index contributed by atoms with van der Waals surface area (Å²) in [6, 6.07) is 14.3. The van der Waals surface area contributed by atoms with Gasteiger partial charge in [0.05, 0.1) is 6.61 Å². The summed E-state index contributed by atoms with van der Waals surface area (Å²) < 4.78 is 5.80. The van der Waals surface area contributed by atoms with Crippen LogP contribution < -0.4 is 10.1 Å². The number of nitrogens with one attached hydrogen (secondary N) is 1. The summed E-state index contributed by atoms with van der Waals surface area (Å²) in [6.45, 7) is 6.45. The molecule has 1 fully saturated rings. The van der Waals surface area contributed by atoms with Gasteiger partial charge < -0.3 is 15.0 Å². The van der Waals surface area contributed by atoms with Crippen molar-refractivity contribution in [3.63, 3.8) is 0 Å². The van der Waals surface area contributed by atoms with E-state index >= 15 is 0 Å². The number of rotatable bonds is 9. The Morgan fingerprint density at radius 3 is 2.22 bits per heavy atom. The van der Waals surface area contributed by atoms with E-state index < -0.39 is 0 Å². The third-order valence-electron chi connectivity index (χ3n) is 4.82. The lowest BCUT2D eigenvalue weighted by molar-refractivity contribution is 0.103. The van der Waals surface area contributed by atoms with Crippen LogP contribution in [0.2, 0.25) is 5.02 Å². The summed E-state index contributed by atoms with van der Waals surface area (Å²) >= 11 is 5.87. The number of hydrogen-bond acceptors (Lipinski definition) is 4. The van der Waals surface area contributed by atoms with E-state index in [1.54, 1.807) is 24.3 Å². The van der Waals surface area contributed by atoms with Gasteiger partial charge in [0.15, 0.2) is 5.78 Å². The van der Waals surface area contributed by atoms with Crippen molar-refractivity contribution in [2.24, 2.45) is 0 Å². The van der Waals surface area contributed by atoms with Crippen LogP contribution in [0.25, 0.3) is 0 Å². The molecular formula is C22H27ClN2O2. The number of ketones is 1. The Labute approximate surface area is 166 Å². The molecule has 2 aromatic carbocycles. The zero-order chi connectivity index (χ0) is 18.9. The van der Waals surface area contributed by atoms with Gasteiger partial charge in [-0.2, -0.15) is 0 Å². The van der Waals surface area contributed by atoms with E-state index in [0.717, 1.165) is 38.3 Å². The van der Waals surface area contributed by atoms with Crippen LogP contribution in [0.5, 0.6) is 5.75 Å². The quantitative estimate of drug-likeness (QED) is 0.522. The highest BCUT2D eigenvalue weighted by molar-refractivity contribution is 6.30. The molecule has 0 saturated carbocycles. The molecular weight excluding hydrogens is 360 g/mol. The molecule has 0 unspecified atom stereocenters. The average molecular weight is 387 g/mol. The molecule has 3 rings (SSSR count). The minimum absolute atomic E-state index is 0.00821. The predicted molar refractivity (Wildman–Crippen MR) is 110 cm³/mol. The SMILES string of the molecule is O=C(c1ccc(Cl)cc1)c1ccc(OCCCCCN2CCNCC2)cc1. The van der Waals surface area contributed by atoms with Gasteiger partial charge in [-0.15, -0.1) is 0 Å². The number of carbonyl (C=O) groups excluding carboxylic acids is 1. The van der Waals surface area contributed by atoms with E-state index in [-0.39, 0.29) is 5.78 Å². The van der Waals surface area contributed by atoms with E-state index in [4.69, 9.17) is 16.3 Å². The third kappa shape index (κ3) is 6.35. The van der Waals surface area contributed by atoms with Crippen LogP contribution in [-0.4, -0.2) is 50.0 Å². The number of piperazine rings is 1. The second-order valence-corrected chi connectivity index (χ2v) is 7.30. The molecule has 1 aliphatic rings. The van der Waals surface area contributed by atoms with Crippen LogP contribution in [0, 0.1) is 0 Å². The van der Waals surface area contributed by atoms with E-state index in [9.17, 15) is 4.79 Å². The molecule has 1 aliphatic heterocycles. The molecule has 4 nitrogen and oxygen atoms in total. The number of unbranched alkanes of at least 4 members (excludes halogenated alkanes) is 2. The summed E-state index contributed by atoms with van der Waals surface area (Å²) in [4.78, 5) is 15.0. The normalized spacial score (nSPS) is 14.9. The highest BCUT2D eigenvalue weighted by Crippen LogP contribution is 2.17. The van der Waals surface area contributed by atoms with Crippen molar-refractivity contribution in [3.05, 3.63) is 64.7 Å². The number of carbonyl (C=O) groups is 1. The molecule has 1 N–H and O–H groups in total. The number of ether oxygens (including phenoxy) is 1. The average Bonchev–Trinajstić information content (AvgIpc) is 2.72. The molecule has 2 aromatic rings. The predicted octanol–water partition coefficient (Wildman–Crippen LogP) is 4.03. The van der Waals surface area contributed by atoms with Gasteiger partial charge in [-0.05, 0) is 74.3 Å². The van der Waals surface area contributed by atoms with E-state index in [0.29, 0.717) is 22.8 Å². The highest BCUT2D eigenvalue weighted by Gasteiger charge is 2.10. The maximum atomic E-state index is 12.4. The first-order valence-corrected chi connectivity index (χ1v) is 10.1. The van der Waals surface area contributed by atoms with Crippen molar-refractivity contribution in [2.75, 3.05) is 39.3 Å². The maximum Gasteiger partial charge on any atom is 0.193 e. The van der Waals surface area contributed by atoms with Gasteiger partial charge in [-0.25, -0.2) is 0 Å². The van der Waals surface area contributed by atoms with Crippen molar-refractivity contribution in [1.82, 2.24) is 10.2 Å². The Morgan fingerprint density at radius 1 is 0.926 bits per heavy atom. The molecule has 1 heterocycles. The van der Waals surface area contributed by atoms with E-state index in [1.165, 1.54) is 19.4 Å². The minimum atomic E-state index is -0.00821. The zero-order valence-corrected chi connectivity index (χ0v) is 16.4. The third-order valence-corrected chi connectivity index (χ3v) is 5.07. The van der Waals surface area contributed by atoms with Crippen LogP contribution in [0.15, 0.2) is 48.5 Å². The topological polar surface area (TPSA) is 41.6 Å². The molecule has 0 radical (unpaired) electrons. The van der Waals surface area contributed by atoms with Gasteiger partial charge in [0.25, 0.3) is 0 Å². The molecule has 0 atom stereocenters. The molecule has 0 bridgehead atoms. The smallest absolute Gasteiger partial charge is 0.193 e. The van der Waals surface area contributed by atoms with Crippen molar-refractivity contribution >= 4 is 17.4 Å². The first kappa shape index (κ1) is 19.9. The van der Waals surface area contributed by atoms with Gasteiger partial charge >= 0.3 is 0 Å². The number of nitrogens with zero attached hydrogens (tertiary/aromatic N) is 1. The fourth-order valence-electron chi connectivity index (χ4n) is 3.21. The lowest BCUT2D eigenvalue weighted by atomic mass is 10.0. The van der Waals surface area contributed by atoms with Gasteiger partial charge in [0.2, 0.25) is 0 Å². The standard InChI is InChI=1S/C22H27ClN2O2/c23-20-8-4-18(5-9-20)22(26)19-6-10-21(11-7-19)27-17-3-1-2-14-25-15-12-24-13-16-25/h4-11,24H,1-3,12-17H2. The number of hydrogen-bond donors (Lipinski definition) is 1. The lowest BCUT2D eigenvalue weighted by Crippen LogP contribution is -2.43. The van der Waals surface area contributed by atoms with Crippen LogP contribution in [-0.2, 0) is 0 Å². The van der Waals surface area contributed by atoms with Gasteiger partial charge in [-0.3, -0.25) is 4.79 Å². The van der Waals surface area contributed by atoms with Crippen molar-refractivity contribution < 1.29 is 9.53 Å². The van der Waals surface area contributed by atoms with Crippen molar-refractivity contribution in [1.29, 1.82) is 0 Å². The Kier molecular flexibility index (Phi) is 7.69. The number of benzene rings is 2. The molecule has 0 spiro atoms. The van der Waals surface area contributed by atoms with E-state index in [2.05, 4.69) is 10.2 Å². The molecule has 0 amide bonds. The molecule has 27 heavy (non-hydrogen) atoms. The van der Waals surface area contributed by atoms with Crippen molar-refractivity contribution in [3.8, 4) is 5.75 Å². The molecule has 144 valence electrons. The van der Waals surface area contributed by atoms with Gasteiger partial charge in [-0.1, -0.05) is 11.6 Å². The Hall–Kier alpha value is -1.88. The summed E-state index contributed by atoms with van der Waals surface area (Å²) in [5.74, 6) is 0.802. The van der Waals surface area contributed by atoms with Crippen LogP contribution in [0.1, 0.15) is 35.2 Å². The van der Waals surface area contributed by atoms with Crippen LogP contribution in [0.3, 0.4) is 0 Å². The first-order chi connectivity index (χ1) is 13.2. The van der Waals surface area contributed by atoms with Crippen LogP contribution >= 0.6 is 11.6 Å². The minimum Gasteiger partial charge on any atom is -0.494 e. The summed E-state index contributed by atoms with van der Waals surface area (Å²) in [7, 11) is 0. The Bertz CT molecular complexity index is 710. The van der Waals surface area contributed by atoms with Gasteiger partial charge in [0.1, 0.15) is 5.75 Å². The van der Waals surface area contributed by atoms with Gasteiger partial charge in [0, 0.05) is 42.3 Å². The highest BCUT2D eigenvalue weighted by atomic mass is 35.5. The molecule has 5 heteroatoms. The first-order valence-electron chi connectivity index (χ1n) is 9.68. The largest absolute Gasteiger partial charge is 0.494 e. The molecule has 0 aliphatic carbocycles. The summed E-state index contributed by atoms with van der Waals surface area (Å²) in [6.07, 6.45) is 3.45. The lowest BCUT2D eigenvalue weighted by Gasteiger charge is -2.26. The summed E-state index contributed by atoms with van der Waals surface area (Å²) in [5, 5.41) is 4.01. The summed E-state index contributed by atoms with van der Waals surface area (Å²) in [5.41, 5.74) is 1.29. The van der Waals surface area contributed by atoms with E-state index in [1.807, 2.05) is 24.3 Å². The zero-order valence-electron chi connectivity index (χ0n) is 15.6. The second-order valence-electron chi connectivity index (χ2n) is 6.86. The van der Waals surface area contributed by atoms with Crippen molar-refractivity contribution in [2.45, 2.75) is 19.3 Å².